The second-order valence-corrected chi connectivity index (χ2v) is 8.06. The Morgan fingerprint density at radius 2 is 2.04 bits per heavy atom. The van der Waals surface area contributed by atoms with Gasteiger partial charge in [0, 0.05) is 13.6 Å². The number of rotatable bonds is 6. The number of carbonyl (C=O) groups excluding carboxylic acids is 1. The molecule has 0 aliphatic heterocycles. The maximum atomic E-state index is 12.3. The second kappa shape index (κ2) is 7.84. The topological polar surface area (TPSA) is 59.8 Å². The number of carbonyl (C=O) groups is 1. The third-order valence-corrected chi connectivity index (χ3v) is 5.81. The van der Waals surface area contributed by atoms with Gasteiger partial charge in [-0.15, -0.1) is 21.5 Å². The number of aromatic nitrogens is 3. The van der Waals surface area contributed by atoms with Crippen molar-refractivity contribution in [3.63, 3.8) is 0 Å². The van der Waals surface area contributed by atoms with Crippen LogP contribution in [0.5, 0.6) is 0 Å². The highest BCUT2D eigenvalue weighted by molar-refractivity contribution is 8.00. The van der Waals surface area contributed by atoms with Crippen LogP contribution in [-0.4, -0.2) is 25.9 Å². The number of hydrogen-bond acceptors (Lipinski definition) is 5. The summed E-state index contributed by atoms with van der Waals surface area (Å²) in [6, 6.07) is 12.2. The summed E-state index contributed by atoms with van der Waals surface area (Å²) in [5, 5.41) is 13.9. The summed E-state index contributed by atoms with van der Waals surface area (Å²) in [6.07, 6.45) is 0. The fourth-order valence-electron chi connectivity index (χ4n) is 2.29. The Balaban J connectivity index is 1.59. The zero-order valence-electron chi connectivity index (χ0n) is 14.4. The van der Waals surface area contributed by atoms with Crippen LogP contribution in [0.4, 0.5) is 0 Å². The van der Waals surface area contributed by atoms with Crippen molar-refractivity contribution in [3.8, 4) is 10.7 Å². The zero-order chi connectivity index (χ0) is 17.8. The third kappa shape index (κ3) is 4.29. The molecule has 1 N–H and O–H groups in total. The van der Waals surface area contributed by atoms with Gasteiger partial charge in [-0.2, -0.15) is 0 Å². The molecule has 0 bridgehead atoms. The van der Waals surface area contributed by atoms with Crippen molar-refractivity contribution in [1.29, 1.82) is 0 Å². The maximum absolute atomic E-state index is 12.3. The molecule has 3 rings (SSSR count). The van der Waals surface area contributed by atoms with Crippen molar-refractivity contribution in [2.75, 3.05) is 0 Å². The Labute approximate surface area is 155 Å². The SMILES string of the molecule is Cc1ccc(CNC(=O)C(C)Sc2nnc(-c3cccs3)n2C)cc1. The van der Waals surface area contributed by atoms with Crippen LogP contribution in [0.15, 0.2) is 46.9 Å². The normalized spacial score (nSPS) is 12.1. The minimum Gasteiger partial charge on any atom is -0.351 e. The van der Waals surface area contributed by atoms with E-state index < -0.39 is 0 Å². The van der Waals surface area contributed by atoms with Crippen LogP contribution in [0.3, 0.4) is 0 Å². The van der Waals surface area contributed by atoms with Gasteiger partial charge in [-0.25, -0.2) is 0 Å². The standard InChI is InChI=1S/C18H20N4OS2/c1-12-6-8-14(9-7-12)11-19-17(23)13(2)25-18-21-20-16(22(18)3)15-5-4-10-24-15/h4-10,13H,11H2,1-3H3,(H,19,23). The second-order valence-electron chi connectivity index (χ2n) is 5.81. The van der Waals surface area contributed by atoms with Crippen molar-refractivity contribution in [1.82, 2.24) is 20.1 Å². The highest BCUT2D eigenvalue weighted by Gasteiger charge is 2.19. The van der Waals surface area contributed by atoms with Crippen molar-refractivity contribution >= 4 is 29.0 Å². The van der Waals surface area contributed by atoms with Crippen LogP contribution in [0.25, 0.3) is 10.7 Å². The fraction of sp³-hybridized carbons (Fsp3) is 0.278. The molecule has 25 heavy (non-hydrogen) atoms. The summed E-state index contributed by atoms with van der Waals surface area (Å²) >= 11 is 3.04. The van der Waals surface area contributed by atoms with Gasteiger partial charge in [0.15, 0.2) is 11.0 Å². The number of thioether (sulfide) groups is 1. The van der Waals surface area contributed by atoms with Gasteiger partial charge in [0.05, 0.1) is 10.1 Å². The smallest absolute Gasteiger partial charge is 0.233 e. The van der Waals surface area contributed by atoms with Gasteiger partial charge in [0.2, 0.25) is 5.91 Å². The first kappa shape index (κ1) is 17.7. The van der Waals surface area contributed by atoms with Gasteiger partial charge in [-0.3, -0.25) is 4.79 Å². The predicted molar refractivity (Wildman–Crippen MR) is 103 cm³/mol. The Morgan fingerprint density at radius 3 is 2.72 bits per heavy atom. The van der Waals surface area contributed by atoms with Gasteiger partial charge in [-0.05, 0) is 30.9 Å². The molecule has 1 atom stereocenters. The van der Waals surface area contributed by atoms with Gasteiger partial charge in [-0.1, -0.05) is 47.7 Å². The van der Waals surface area contributed by atoms with E-state index >= 15 is 0 Å². The molecule has 2 aromatic heterocycles. The lowest BCUT2D eigenvalue weighted by Crippen LogP contribution is -2.30. The average Bonchev–Trinajstić information content (AvgIpc) is 3.24. The molecule has 7 heteroatoms. The molecule has 0 saturated carbocycles. The lowest BCUT2D eigenvalue weighted by atomic mass is 10.1. The minimum atomic E-state index is -0.246. The van der Waals surface area contributed by atoms with E-state index in [4.69, 9.17) is 0 Å². The summed E-state index contributed by atoms with van der Waals surface area (Å²) in [7, 11) is 1.92. The highest BCUT2D eigenvalue weighted by atomic mass is 32.2. The molecular weight excluding hydrogens is 352 g/mol. The van der Waals surface area contributed by atoms with Crippen molar-refractivity contribution < 1.29 is 4.79 Å². The number of nitrogens with one attached hydrogen (secondary N) is 1. The summed E-state index contributed by atoms with van der Waals surface area (Å²) < 4.78 is 1.93. The average molecular weight is 373 g/mol. The molecule has 0 aliphatic rings. The molecule has 3 aromatic rings. The van der Waals surface area contributed by atoms with E-state index in [1.807, 2.05) is 67.2 Å². The molecule has 0 spiro atoms. The van der Waals surface area contributed by atoms with Crippen molar-refractivity contribution in [2.24, 2.45) is 7.05 Å². The van der Waals surface area contributed by atoms with E-state index in [0.717, 1.165) is 21.4 Å². The molecule has 0 fully saturated rings. The lowest BCUT2D eigenvalue weighted by molar-refractivity contribution is -0.120. The van der Waals surface area contributed by atoms with Gasteiger partial charge < -0.3 is 9.88 Å². The number of nitrogens with zero attached hydrogens (tertiary/aromatic N) is 3. The summed E-state index contributed by atoms with van der Waals surface area (Å²) in [4.78, 5) is 13.4. The van der Waals surface area contributed by atoms with Crippen molar-refractivity contribution in [2.45, 2.75) is 30.8 Å². The maximum Gasteiger partial charge on any atom is 0.233 e. The lowest BCUT2D eigenvalue weighted by Gasteiger charge is -2.11. The number of thiophene rings is 1. The van der Waals surface area contributed by atoms with E-state index in [2.05, 4.69) is 15.5 Å². The Hall–Kier alpha value is -2.12. The summed E-state index contributed by atoms with van der Waals surface area (Å²) in [6.45, 7) is 4.46. The van der Waals surface area contributed by atoms with Crippen LogP contribution < -0.4 is 5.32 Å². The number of amides is 1. The molecular formula is C18H20N4OS2. The van der Waals surface area contributed by atoms with Gasteiger partial charge >= 0.3 is 0 Å². The molecule has 1 aromatic carbocycles. The summed E-state index contributed by atoms with van der Waals surface area (Å²) in [5.41, 5.74) is 2.30. The first-order valence-corrected chi connectivity index (χ1v) is 9.73. The molecule has 0 saturated heterocycles. The zero-order valence-corrected chi connectivity index (χ0v) is 16.0. The van der Waals surface area contributed by atoms with Crippen LogP contribution in [0.1, 0.15) is 18.1 Å². The largest absolute Gasteiger partial charge is 0.351 e. The van der Waals surface area contributed by atoms with Crippen LogP contribution in [-0.2, 0) is 18.4 Å². The van der Waals surface area contributed by atoms with E-state index in [-0.39, 0.29) is 11.2 Å². The third-order valence-electron chi connectivity index (χ3n) is 3.82. The minimum absolute atomic E-state index is 0.00810. The van der Waals surface area contributed by atoms with E-state index in [1.165, 1.54) is 17.3 Å². The molecule has 2 heterocycles. The molecule has 5 nitrogen and oxygen atoms in total. The highest BCUT2D eigenvalue weighted by Crippen LogP contribution is 2.27. The van der Waals surface area contributed by atoms with E-state index in [9.17, 15) is 4.79 Å². The number of benzene rings is 1. The van der Waals surface area contributed by atoms with Crippen molar-refractivity contribution in [3.05, 3.63) is 52.9 Å². The quantitative estimate of drug-likeness (QED) is 0.671. The van der Waals surface area contributed by atoms with Gasteiger partial charge in [0.25, 0.3) is 0 Å². The molecule has 1 amide bonds. The van der Waals surface area contributed by atoms with E-state index in [1.54, 1.807) is 11.3 Å². The molecule has 0 aliphatic carbocycles. The van der Waals surface area contributed by atoms with Crippen LogP contribution in [0, 0.1) is 6.92 Å². The Bertz CT molecular complexity index is 841. The predicted octanol–water partition coefficient (Wildman–Crippen LogP) is 3.65. The van der Waals surface area contributed by atoms with Crippen LogP contribution in [0.2, 0.25) is 0 Å². The number of aryl methyl sites for hydroxylation is 1. The number of hydrogen-bond donors (Lipinski definition) is 1. The monoisotopic (exact) mass is 372 g/mol. The van der Waals surface area contributed by atoms with Gasteiger partial charge in [0.1, 0.15) is 0 Å². The summed E-state index contributed by atoms with van der Waals surface area (Å²) in [5.74, 6) is 0.816. The molecule has 130 valence electrons. The Morgan fingerprint density at radius 1 is 1.28 bits per heavy atom. The van der Waals surface area contributed by atoms with Crippen LogP contribution >= 0.6 is 23.1 Å². The first-order chi connectivity index (χ1) is 12.0. The molecule has 0 radical (unpaired) electrons. The fourth-order valence-corrected chi connectivity index (χ4v) is 3.87. The first-order valence-electron chi connectivity index (χ1n) is 7.98. The van der Waals surface area contributed by atoms with E-state index in [0.29, 0.717) is 6.54 Å². The Kier molecular flexibility index (Phi) is 5.55. The molecule has 1 unspecified atom stereocenters.